The summed E-state index contributed by atoms with van der Waals surface area (Å²) in [6.07, 6.45) is -4.03. The number of nitrogens with zero attached hydrogens (tertiary/aromatic N) is 2. The van der Waals surface area contributed by atoms with Crippen LogP contribution >= 0.6 is 0 Å². The van der Waals surface area contributed by atoms with Crippen molar-refractivity contribution in [3.05, 3.63) is 57.4 Å². The van der Waals surface area contributed by atoms with E-state index in [-0.39, 0.29) is 11.3 Å². The molecule has 0 unspecified atom stereocenters. The van der Waals surface area contributed by atoms with E-state index in [2.05, 4.69) is 10.1 Å². The fourth-order valence-electron chi connectivity index (χ4n) is 2.46. The van der Waals surface area contributed by atoms with Gasteiger partial charge in [0.25, 0.3) is 5.56 Å². The molecular formula is C15H9F4N3O3. The van der Waals surface area contributed by atoms with Crippen LogP contribution in [0, 0.1) is 12.7 Å². The van der Waals surface area contributed by atoms with Gasteiger partial charge in [-0.3, -0.25) is 4.79 Å². The summed E-state index contributed by atoms with van der Waals surface area (Å²) in [4.78, 5) is 25.4. The van der Waals surface area contributed by atoms with E-state index in [9.17, 15) is 27.2 Å². The van der Waals surface area contributed by atoms with Crippen molar-refractivity contribution in [2.45, 2.75) is 13.1 Å². The summed E-state index contributed by atoms with van der Waals surface area (Å²) in [5, 5.41) is 12.3. The van der Waals surface area contributed by atoms with E-state index >= 15 is 0 Å². The molecule has 3 rings (SSSR count). The number of benzene rings is 1. The van der Waals surface area contributed by atoms with Crippen LogP contribution in [0.5, 0.6) is 0 Å². The van der Waals surface area contributed by atoms with Gasteiger partial charge in [0.15, 0.2) is 5.69 Å². The number of fused-ring (bicyclic) bond motifs is 1. The number of halogens is 4. The molecule has 0 saturated heterocycles. The predicted octanol–water partition coefficient (Wildman–Crippen LogP) is 2.85. The van der Waals surface area contributed by atoms with Gasteiger partial charge in [0.05, 0.1) is 11.9 Å². The van der Waals surface area contributed by atoms with Crippen LogP contribution in [0.15, 0.2) is 29.2 Å². The Bertz CT molecular complexity index is 1070. The Kier molecular flexibility index (Phi) is 3.62. The number of aromatic carboxylic acids is 1. The number of carboxylic acid groups (broad SMARTS) is 1. The van der Waals surface area contributed by atoms with Gasteiger partial charge in [0.1, 0.15) is 16.9 Å². The zero-order valence-electron chi connectivity index (χ0n) is 12.5. The average Bonchev–Trinajstić information content (AvgIpc) is 2.90. The summed E-state index contributed by atoms with van der Waals surface area (Å²) in [5.41, 5.74) is -4.32. The zero-order chi connectivity index (χ0) is 18.5. The summed E-state index contributed by atoms with van der Waals surface area (Å²) in [7, 11) is 0. The number of aryl methyl sites for hydroxylation is 1. The first kappa shape index (κ1) is 16.7. The maximum absolute atomic E-state index is 13.3. The molecule has 2 N–H and O–H groups in total. The van der Waals surface area contributed by atoms with E-state index in [1.54, 1.807) is 0 Å². The first-order valence-electron chi connectivity index (χ1n) is 6.82. The molecule has 0 atom stereocenters. The fraction of sp³-hybridized carbons (Fsp3) is 0.133. The molecule has 130 valence electrons. The topological polar surface area (TPSA) is 87.5 Å². The molecule has 0 spiro atoms. The van der Waals surface area contributed by atoms with Gasteiger partial charge in [-0.2, -0.15) is 18.3 Å². The molecule has 0 aliphatic carbocycles. The molecule has 2 aromatic heterocycles. The number of aromatic amines is 1. The smallest absolute Gasteiger partial charge is 0.421 e. The first-order chi connectivity index (χ1) is 11.6. The van der Waals surface area contributed by atoms with E-state index in [0.29, 0.717) is 10.1 Å². The van der Waals surface area contributed by atoms with Crippen LogP contribution < -0.4 is 5.56 Å². The number of aromatic nitrogens is 3. The Morgan fingerprint density at radius 2 is 2.00 bits per heavy atom. The lowest BCUT2D eigenvalue weighted by Gasteiger charge is -2.07. The molecule has 0 aliphatic rings. The van der Waals surface area contributed by atoms with E-state index in [1.165, 1.54) is 19.1 Å². The molecule has 0 radical (unpaired) electrons. The van der Waals surface area contributed by atoms with Crippen LogP contribution in [0.4, 0.5) is 17.6 Å². The number of H-pyrrole nitrogens is 1. The third-order valence-corrected chi connectivity index (χ3v) is 3.58. The van der Waals surface area contributed by atoms with Gasteiger partial charge in [-0.05, 0) is 30.7 Å². The highest BCUT2D eigenvalue weighted by Gasteiger charge is 2.41. The number of nitrogens with one attached hydrogen (secondary N) is 1. The lowest BCUT2D eigenvalue weighted by Crippen LogP contribution is -2.17. The number of carbonyl (C=O) groups is 1. The maximum atomic E-state index is 13.3. The molecule has 0 fully saturated rings. The summed E-state index contributed by atoms with van der Waals surface area (Å²) in [6, 6.07) is 3.85. The third-order valence-electron chi connectivity index (χ3n) is 3.58. The van der Waals surface area contributed by atoms with E-state index in [0.717, 1.165) is 12.3 Å². The first-order valence-corrected chi connectivity index (χ1v) is 6.82. The van der Waals surface area contributed by atoms with Crippen LogP contribution in [0.1, 0.15) is 21.6 Å². The highest BCUT2D eigenvalue weighted by Crippen LogP contribution is 2.34. The summed E-state index contributed by atoms with van der Waals surface area (Å²) < 4.78 is 53.4. The van der Waals surface area contributed by atoms with Crippen LogP contribution in [-0.2, 0) is 6.18 Å². The van der Waals surface area contributed by atoms with Crippen molar-refractivity contribution >= 4 is 11.5 Å². The van der Waals surface area contributed by atoms with Gasteiger partial charge in [-0.1, -0.05) is 0 Å². The minimum Gasteiger partial charge on any atom is -0.476 e. The lowest BCUT2D eigenvalue weighted by molar-refractivity contribution is -0.136. The standard InChI is InChI=1S/C15H9F4N3O3/c1-6-4-7(2-3-8(6)16)9-5-22-12(13(23)20-9)10(15(17,18)19)11(21-22)14(24)25/h2-5H,1H3,(H,20,23)(H,24,25). The second kappa shape index (κ2) is 5.43. The average molecular weight is 355 g/mol. The second-order valence-electron chi connectivity index (χ2n) is 5.28. The second-order valence-corrected chi connectivity index (χ2v) is 5.28. The zero-order valence-corrected chi connectivity index (χ0v) is 12.5. The highest BCUT2D eigenvalue weighted by molar-refractivity contribution is 5.90. The van der Waals surface area contributed by atoms with Crippen molar-refractivity contribution in [3.63, 3.8) is 0 Å². The molecule has 10 heteroatoms. The van der Waals surface area contributed by atoms with Gasteiger partial charge >= 0.3 is 12.1 Å². The number of hydrogen-bond acceptors (Lipinski definition) is 3. The quantitative estimate of drug-likeness (QED) is 0.692. The maximum Gasteiger partial charge on any atom is 0.421 e. The van der Waals surface area contributed by atoms with Gasteiger partial charge in [0, 0.05) is 5.56 Å². The SMILES string of the molecule is Cc1cc(-c2cn3nc(C(=O)O)c(C(F)(F)F)c3c(=O)[nH]2)ccc1F. The van der Waals surface area contributed by atoms with Crippen molar-refractivity contribution in [1.29, 1.82) is 0 Å². The molecule has 6 nitrogen and oxygen atoms in total. The highest BCUT2D eigenvalue weighted by atomic mass is 19.4. The fourth-order valence-corrected chi connectivity index (χ4v) is 2.46. The summed E-state index contributed by atoms with van der Waals surface area (Å²) in [6.45, 7) is 1.48. The Balaban J connectivity index is 2.33. The monoisotopic (exact) mass is 355 g/mol. The molecule has 0 aliphatic heterocycles. The normalized spacial score (nSPS) is 11.9. The van der Waals surface area contributed by atoms with E-state index in [1.807, 2.05) is 0 Å². The molecule has 1 aromatic carbocycles. The Labute approximate surface area is 136 Å². The van der Waals surface area contributed by atoms with Crippen molar-refractivity contribution in [2.24, 2.45) is 0 Å². The van der Waals surface area contributed by atoms with Crippen molar-refractivity contribution in [3.8, 4) is 11.3 Å². The third kappa shape index (κ3) is 2.75. The van der Waals surface area contributed by atoms with Crippen molar-refractivity contribution in [1.82, 2.24) is 14.6 Å². The summed E-state index contributed by atoms with van der Waals surface area (Å²) in [5.74, 6) is -2.40. The Morgan fingerprint density at radius 3 is 2.56 bits per heavy atom. The minimum atomic E-state index is -5.07. The number of rotatable bonds is 2. The predicted molar refractivity (Wildman–Crippen MR) is 77.9 cm³/mol. The minimum absolute atomic E-state index is 0.0637. The van der Waals surface area contributed by atoms with Gasteiger partial charge in [-0.25, -0.2) is 13.7 Å². The number of alkyl halides is 3. The molecular weight excluding hydrogens is 346 g/mol. The van der Waals surface area contributed by atoms with Crippen LogP contribution in [-0.4, -0.2) is 25.7 Å². The molecule has 0 bridgehead atoms. The number of hydrogen-bond donors (Lipinski definition) is 2. The largest absolute Gasteiger partial charge is 0.476 e. The van der Waals surface area contributed by atoms with Gasteiger partial charge < -0.3 is 10.1 Å². The van der Waals surface area contributed by atoms with Crippen molar-refractivity contribution < 1.29 is 27.5 Å². The number of carboxylic acids is 1. The molecule has 3 aromatic rings. The Hall–Kier alpha value is -3.17. The molecule has 25 heavy (non-hydrogen) atoms. The van der Waals surface area contributed by atoms with Crippen LogP contribution in [0.25, 0.3) is 16.8 Å². The van der Waals surface area contributed by atoms with E-state index in [4.69, 9.17) is 5.11 Å². The van der Waals surface area contributed by atoms with Crippen LogP contribution in [0.3, 0.4) is 0 Å². The van der Waals surface area contributed by atoms with Crippen LogP contribution in [0.2, 0.25) is 0 Å². The van der Waals surface area contributed by atoms with Crippen molar-refractivity contribution in [2.75, 3.05) is 0 Å². The molecule has 0 saturated carbocycles. The Morgan fingerprint density at radius 1 is 1.32 bits per heavy atom. The summed E-state index contributed by atoms with van der Waals surface area (Å²) >= 11 is 0. The van der Waals surface area contributed by atoms with Gasteiger partial charge in [-0.15, -0.1) is 0 Å². The van der Waals surface area contributed by atoms with E-state index < -0.39 is 40.3 Å². The molecule has 2 heterocycles. The van der Waals surface area contributed by atoms with Gasteiger partial charge in [0.2, 0.25) is 0 Å². The lowest BCUT2D eigenvalue weighted by atomic mass is 10.1. The molecule has 0 amide bonds.